The monoisotopic (exact) mass is 413 g/mol. The van der Waals surface area contributed by atoms with Crippen LogP contribution in [-0.4, -0.2) is 40.9 Å². The molecule has 31 heavy (non-hydrogen) atoms. The predicted octanol–water partition coefficient (Wildman–Crippen LogP) is 5.01. The van der Waals surface area contributed by atoms with Crippen molar-refractivity contribution in [2.45, 2.75) is 24.8 Å². The number of hydrazone groups is 1. The van der Waals surface area contributed by atoms with Crippen LogP contribution >= 0.6 is 0 Å². The zero-order chi connectivity index (χ0) is 21.8. The van der Waals surface area contributed by atoms with Gasteiger partial charge in [0.1, 0.15) is 5.75 Å². The third-order valence-electron chi connectivity index (χ3n) is 5.81. The van der Waals surface area contributed by atoms with Crippen LogP contribution in [0.25, 0.3) is 0 Å². The first-order valence-electron chi connectivity index (χ1n) is 10.5. The number of benzene rings is 3. The number of hydrogen-bond donors (Lipinski definition) is 1. The van der Waals surface area contributed by atoms with Crippen LogP contribution in [0, 0.1) is 0 Å². The van der Waals surface area contributed by atoms with Gasteiger partial charge < -0.3 is 10.0 Å². The molecule has 1 atom stereocenters. The smallest absolute Gasteiger partial charge is 0.340 e. The van der Waals surface area contributed by atoms with Gasteiger partial charge in [0.25, 0.3) is 0 Å². The minimum Gasteiger partial charge on any atom is -0.508 e. The highest BCUT2D eigenvalue weighted by Crippen LogP contribution is 2.44. The van der Waals surface area contributed by atoms with Gasteiger partial charge in [0.2, 0.25) is 0 Å². The lowest BCUT2D eigenvalue weighted by Gasteiger charge is -2.38. The fourth-order valence-corrected chi connectivity index (χ4v) is 4.16. The summed E-state index contributed by atoms with van der Waals surface area (Å²) in [6, 6.07) is 27.3. The molecule has 3 aromatic rings. The Labute approximate surface area is 183 Å². The molecule has 0 aliphatic carbocycles. The highest BCUT2D eigenvalue weighted by Gasteiger charge is 2.47. The Morgan fingerprint density at radius 1 is 1.00 bits per heavy atom. The summed E-state index contributed by atoms with van der Waals surface area (Å²) in [4.78, 5) is 14.8. The van der Waals surface area contributed by atoms with Crippen molar-refractivity contribution in [3.8, 4) is 5.75 Å². The molecule has 1 N–H and O–H groups in total. The van der Waals surface area contributed by atoms with Crippen LogP contribution in [0.2, 0.25) is 0 Å². The molecule has 5 nitrogen and oxygen atoms in total. The van der Waals surface area contributed by atoms with Crippen LogP contribution in [0.5, 0.6) is 5.75 Å². The number of phenolic OH excluding ortho intramolecular Hbond substituents is 1. The second-order valence-corrected chi connectivity index (χ2v) is 8.15. The van der Waals surface area contributed by atoms with E-state index in [1.165, 1.54) is 5.56 Å². The Bertz CT molecular complexity index is 1080. The number of rotatable bonds is 5. The predicted molar refractivity (Wildman–Crippen MR) is 123 cm³/mol. The normalized spacial score (nSPS) is 18.0. The number of amides is 2. The number of urea groups is 1. The Morgan fingerprint density at radius 2 is 1.68 bits per heavy atom. The maximum absolute atomic E-state index is 13.3. The van der Waals surface area contributed by atoms with E-state index >= 15 is 0 Å². The summed E-state index contributed by atoms with van der Waals surface area (Å²) in [5, 5.41) is 16.7. The number of phenols is 1. The zero-order valence-electron chi connectivity index (χ0n) is 17.9. The Balaban J connectivity index is 1.81. The Kier molecular flexibility index (Phi) is 5.76. The highest BCUT2D eigenvalue weighted by molar-refractivity contribution is 6.03. The Morgan fingerprint density at radius 3 is 2.32 bits per heavy atom. The third kappa shape index (κ3) is 4.17. The van der Waals surface area contributed by atoms with Gasteiger partial charge in [0.05, 0.1) is 11.3 Å². The van der Waals surface area contributed by atoms with Gasteiger partial charge in [-0.05, 0) is 41.7 Å². The molecule has 1 unspecified atom stereocenters. The van der Waals surface area contributed by atoms with Crippen molar-refractivity contribution in [3.05, 3.63) is 102 Å². The van der Waals surface area contributed by atoms with E-state index in [1.54, 1.807) is 36.1 Å². The first-order chi connectivity index (χ1) is 15.0. The first-order valence-corrected chi connectivity index (χ1v) is 10.5. The topological polar surface area (TPSA) is 56.1 Å². The number of aromatic hydroxyl groups is 1. The fraction of sp³-hybridized carbons (Fsp3) is 0.231. The largest absolute Gasteiger partial charge is 0.508 e. The molecule has 0 bridgehead atoms. The minimum atomic E-state index is -0.693. The van der Waals surface area contributed by atoms with Crippen molar-refractivity contribution < 1.29 is 9.90 Å². The van der Waals surface area contributed by atoms with Gasteiger partial charge in [-0.15, -0.1) is 0 Å². The Hall–Kier alpha value is -3.60. The fourth-order valence-electron chi connectivity index (χ4n) is 4.16. The first kappa shape index (κ1) is 20.7. The van der Waals surface area contributed by atoms with E-state index in [0.717, 1.165) is 23.3 Å². The summed E-state index contributed by atoms with van der Waals surface area (Å²) in [6.07, 6.45) is 2.04. The second-order valence-electron chi connectivity index (χ2n) is 8.15. The van der Waals surface area contributed by atoms with E-state index in [9.17, 15) is 9.90 Å². The summed E-state index contributed by atoms with van der Waals surface area (Å²) >= 11 is 0. The van der Waals surface area contributed by atoms with Gasteiger partial charge in [0.15, 0.2) is 0 Å². The molecule has 0 spiro atoms. The quantitative estimate of drug-likeness (QED) is 0.639. The van der Waals surface area contributed by atoms with E-state index < -0.39 is 5.54 Å². The minimum absolute atomic E-state index is 0.178. The zero-order valence-corrected chi connectivity index (χ0v) is 17.9. The van der Waals surface area contributed by atoms with E-state index in [2.05, 4.69) is 12.1 Å². The van der Waals surface area contributed by atoms with E-state index in [4.69, 9.17) is 5.10 Å². The number of nitrogens with zero attached hydrogens (tertiary/aromatic N) is 3. The molecule has 3 aromatic carbocycles. The van der Waals surface area contributed by atoms with E-state index in [0.29, 0.717) is 12.8 Å². The summed E-state index contributed by atoms with van der Waals surface area (Å²) < 4.78 is 0. The van der Waals surface area contributed by atoms with Gasteiger partial charge in [-0.3, -0.25) is 0 Å². The number of carbonyl (C=O) groups excluding carboxylic acids is 1. The van der Waals surface area contributed by atoms with E-state index in [1.807, 2.05) is 60.7 Å². The molecule has 1 aliphatic rings. The maximum atomic E-state index is 13.3. The van der Waals surface area contributed by atoms with Gasteiger partial charge in [-0.2, -0.15) is 5.10 Å². The second kappa shape index (κ2) is 8.64. The molecule has 5 heteroatoms. The number of aryl methyl sites for hydroxylation is 1. The lowest BCUT2D eigenvalue weighted by molar-refractivity contribution is 0.104. The molecule has 1 aliphatic heterocycles. The van der Waals surface area contributed by atoms with Crippen molar-refractivity contribution in [1.29, 1.82) is 0 Å². The van der Waals surface area contributed by atoms with Gasteiger partial charge in [0, 0.05) is 20.5 Å². The summed E-state index contributed by atoms with van der Waals surface area (Å²) in [5.41, 5.74) is 3.26. The molecule has 0 aromatic heterocycles. The maximum Gasteiger partial charge on any atom is 0.340 e. The molecular weight excluding hydrogens is 386 g/mol. The average Bonchev–Trinajstić information content (AvgIpc) is 3.19. The highest BCUT2D eigenvalue weighted by atomic mass is 16.3. The van der Waals surface area contributed by atoms with Gasteiger partial charge in [-0.1, -0.05) is 72.8 Å². The van der Waals surface area contributed by atoms with Crippen LogP contribution in [-0.2, 0) is 12.0 Å². The standard InChI is InChI=1S/C26H27N3O2/c1-28(2)25(31)29-26(22-14-9-15-23(30)18-22,17-16-20-10-5-3-6-11-20)19-24(27-29)21-12-7-4-8-13-21/h3-15,18,30H,16-17,19H2,1-2H3. The van der Waals surface area contributed by atoms with Crippen LogP contribution in [0.1, 0.15) is 29.5 Å². The van der Waals surface area contributed by atoms with Crippen LogP contribution in [0.15, 0.2) is 90.0 Å². The number of carbonyl (C=O) groups is 1. The van der Waals surface area contributed by atoms with Crippen molar-refractivity contribution in [2.75, 3.05) is 14.1 Å². The molecule has 0 radical (unpaired) electrons. The van der Waals surface area contributed by atoms with Crippen LogP contribution < -0.4 is 0 Å². The van der Waals surface area contributed by atoms with Crippen molar-refractivity contribution in [2.24, 2.45) is 5.10 Å². The molecular formula is C26H27N3O2. The summed E-state index contributed by atoms with van der Waals surface area (Å²) in [7, 11) is 3.48. The van der Waals surface area contributed by atoms with Gasteiger partial charge >= 0.3 is 6.03 Å². The molecule has 2 amide bonds. The molecule has 0 saturated heterocycles. The van der Waals surface area contributed by atoms with Gasteiger partial charge in [-0.25, -0.2) is 9.80 Å². The SMILES string of the molecule is CN(C)C(=O)N1N=C(c2ccccc2)CC1(CCc1ccccc1)c1cccc(O)c1. The van der Waals surface area contributed by atoms with Crippen molar-refractivity contribution in [3.63, 3.8) is 0 Å². The lowest BCUT2D eigenvalue weighted by atomic mass is 9.79. The lowest BCUT2D eigenvalue weighted by Crippen LogP contribution is -2.48. The molecule has 158 valence electrons. The molecule has 1 heterocycles. The van der Waals surface area contributed by atoms with Crippen LogP contribution in [0.3, 0.4) is 0 Å². The van der Waals surface area contributed by atoms with Crippen molar-refractivity contribution in [1.82, 2.24) is 9.91 Å². The summed E-state index contributed by atoms with van der Waals surface area (Å²) in [5.74, 6) is 0.182. The summed E-state index contributed by atoms with van der Waals surface area (Å²) in [6.45, 7) is 0. The molecule has 0 fully saturated rings. The van der Waals surface area contributed by atoms with Crippen LogP contribution in [0.4, 0.5) is 4.79 Å². The number of hydrogen-bond acceptors (Lipinski definition) is 3. The average molecular weight is 414 g/mol. The molecule has 0 saturated carbocycles. The molecule has 4 rings (SSSR count). The third-order valence-corrected chi connectivity index (χ3v) is 5.81. The van der Waals surface area contributed by atoms with E-state index in [-0.39, 0.29) is 11.8 Å². The van der Waals surface area contributed by atoms with Crippen molar-refractivity contribution >= 4 is 11.7 Å².